The topological polar surface area (TPSA) is 81.4 Å². The maximum atomic E-state index is 12.5. The molecule has 128 valence electrons. The van der Waals surface area contributed by atoms with Gasteiger partial charge in [-0.15, -0.1) is 0 Å². The summed E-state index contributed by atoms with van der Waals surface area (Å²) in [5, 5.41) is 14.5. The van der Waals surface area contributed by atoms with Crippen molar-refractivity contribution in [2.75, 3.05) is 6.61 Å². The number of aliphatic hydroxyl groups is 1. The van der Waals surface area contributed by atoms with Crippen LogP contribution in [0.1, 0.15) is 16.1 Å². The van der Waals surface area contributed by atoms with E-state index in [0.717, 1.165) is 10.2 Å². The number of carbonyl (C=O) groups excluding carboxylic acids is 1. The van der Waals surface area contributed by atoms with E-state index < -0.39 is 5.97 Å². The predicted octanol–water partition coefficient (Wildman–Crippen LogP) is 2.40. The van der Waals surface area contributed by atoms with Gasteiger partial charge in [-0.25, -0.2) is 9.48 Å². The first kappa shape index (κ1) is 17.1. The lowest BCUT2D eigenvalue weighted by molar-refractivity contribution is 0.0465. The van der Waals surface area contributed by atoms with Crippen LogP contribution >= 0.6 is 11.6 Å². The van der Waals surface area contributed by atoms with Crippen molar-refractivity contribution in [2.45, 2.75) is 13.2 Å². The van der Waals surface area contributed by atoms with Gasteiger partial charge in [-0.1, -0.05) is 41.9 Å². The lowest BCUT2D eigenvalue weighted by Crippen LogP contribution is -2.27. The van der Waals surface area contributed by atoms with Gasteiger partial charge in [-0.3, -0.25) is 4.79 Å². The number of halogens is 1. The Morgan fingerprint density at radius 2 is 1.92 bits per heavy atom. The fraction of sp³-hybridized carbons (Fsp3) is 0.167. The largest absolute Gasteiger partial charge is 0.456 e. The van der Waals surface area contributed by atoms with Gasteiger partial charge in [0.25, 0.3) is 5.56 Å². The second-order valence-electron chi connectivity index (χ2n) is 5.35. The molecule has 0 radical (unpaired) electrons. The lowest BCUT2D eigenvalue weighted by Gasteiger charge is -2.10. The van der Waals surface area contributed by atoms with Gasteiger partial charge < -0.3 is 9.84 Å². The van der Waals surface area contributed by atoms with Gasteiger partial charge in [0, 0.05) is 10.4 Å². The van der Waals surface area contributed by atoms with Crippen LogP contribution in [0.5, 0.6) is 0 Å². The van der Waals surface area contributed by atoms with E-state index in [1.54, 1.807) is 48.5 Å². The molecule has 0 aliphatic heterocycles. The van der Waals surface area contributed by atoms with Crippen LogP contribution in [0.4, 0.5) is 0 Å². The van der Waals surface area contributed by atoms with E-state index in [0.29, 0.717) is 15.8 Å². The van der Waals surface area contributed by atoms with Crippen molar-refractivity contribution in [3.8, 4) is 0 Å². The van der Waals surface area contributed by atoms with E-state index in [1.165, 1.54) is 0 Å². The monoisotopic (exact) mass is 358 g/mol. The van der Waals surface area contributed by atoms with Crippen molar-refractivity contribution in [3.05, 3.63) is 75.2 Å². The molecule has 3 rings (SSSR count). The van der Waals surface area contributed by atoms with Crippen molar-refractivity contribution in [1.29, 1.82) is 0 Å². The highest BCUT2D eigenvalue weighted by molar-refractivity contribution is 6.30. The van der Waals surface area contributed by atoms with E-state index >= 15 is 0 Å². The number of aromatic nitrogens is 2. The zero-order valence-electron chi connectivity index (χ0n) is 13.2. The van der Waals surface area contributed by atoms with Crippen molar-refractivity contribution in [2.24, 2.45) is 0 Å². The van der Waals surface area contributed by atoms with Crippen molar-refractivity contribution >= 4 is 28.3 Å². The van der Waals surface area contributed by atoms with Crippen LogP contribution in [0.15, 0.2) is 53.3 Å². The summed E-state index contributed by atoms with van der Waals surface area (Å²) in [4.78, 5) is 24.8. The number of hydrogen-bond acceptors (Lipinski definition) is 5. The van der Waals surface area contributed by atoms with Crippen LogP contribution < -0.4 is 5.56 Å². The van der Waals surface area contributed by atoms with Crippen LogP contribution in [-0.4, -0.2) is 27.5 Å². The molecule has 0 aliphatic carbocycles. The third-order valence-electron chi connectivity index (χ3n) is 3.63. The molecule has 1 N–H and O–H groups in total. The Kier molecular flexibility index (Phi) is 5.11. The quantitative estimate of drug-likeness (QED) is 0.708. The first-order valence-corrected chi connectivity index (χ1v) is 8.00. The number of fused-ring (bicyclic) bond motifs is 1. The minimum absolute atomic E-state index is 0.00175. The standard InChI is InChI=1S/C18H15ClN2O4/c19-13-5-3-4-12(10-13)11-25-18(24)16-14-6-1-2-7-15(14)17(23)21(20-16)8-9-22/h1-7,10,22H,8-9,11H2. The van der Waals surface area contributed by atoms with Gasteiger partial charge in [-0.05, 0) is 23.8 Å². The first-order valence-electron chi connectivity index (χ1n) is 7.62. The molecule has 25 heavy (non-hydrogen) atoms. The van der Waals surface area contributed by atoms with Gasteiger partial charge >= 0.3 is 5.97 Å². The van der Waals surface area contributed by atoms with Crippen LogP contribution in [0, 0.1) is 0 Å². The molecule has 0 bridgehead atoms. The number of aliphatic hydroxyl groups excluding tert-OH is 1. The second-order valence-corrected chi connectivity index (χ2v) is 5.79. The van der Waals surface area contributed by atoms with E-state index in [-0.39, 0.29) is 31.0 Å². The minimum atomic E-state index is -0.650. The average Bonchev–Trinajstić information content (AvgIpc) is 2.62. The molecule has 3 aromatic rings. The number of esters is 1. The summed E-state index contributed by atoms with van der Waals surface area (Å²) in [5.74, 6) is -0.650. The van der Waals surface area contributed by atoms with Crippen molar-refractivity contribution in [1.82, 2.24) is 9.78 Å². The summed E-state index contributed by atoms with van der Waals surface area (Å²) in [6, 6.07) is 13.7. The molecule has 0 aliphatic rings. The number of hydrogen-bond donors (Lipinski definition) is 1. The summed E-state index contributed by atoms with van der Waals surface area (Å²) in [7, 11) is 0. The van der Waals surface area contributed by atoms with E-state index in [2.05, 4.69) is 5.10 Å². The summed E-state index contributed by atoms with van der Waals surface area (Å²) in [6.45, 7) is -0.227. The second kappa shape index (κ2) is 7.46. The van der Waals surface area contributed by atoms with Gasteiger partial charge in [0.2, 0.25) is 0 Å². The van der Waals surface area contributed by atoms with Gasteiger partial charge in [0.15, 0.2) is 5.69 Å². The Hall–Kier alpha value is -2.70. The fourth-order valence-corrected chi connectivity index (χ4v) is 2.69. The summed E-state index contributed by atoms with van der Waals surface area (Å²) >= 11 is 5.91. The highest BCUT2D eigenvalue weighted by atomic mass is 35.5. The van der Waals surface area contributed by atoms with E-state index in [1.807, 2.05) is 0 Å². The molecule has 0 atom stereocenters. The zero-order chi connectivity index (χ0) is 17.8. The highest BCUT2D eigenvalue weighted by Gasteiger charge is 2.18. The molecule has 6 nitrogen and oxygen atoms in total. The van der Waals surface area contributed by atoms with E-state index in [4.69, 9.17) is 21.4 Å². The fourth-order valence-electron chi connectivity index (χ4n) is 2.48. The van der Waals surface area contributed by atoms with Crippen molar-refractivity contribution in [3.63, 3.8) is 0 Å². The molecule has 1 heterocycles. The van der Waals surface area contributed by atoms with Gasteiger partial charge in [0.1, 0.15) is 6.61 Å². The third-order valence-corrected chi connectivity index (χ3v) is 3.87. The highest BCUT2D eigenvalue weighted by Crippen LogP contribution is 2.16. The molecule has 1 aromatic heterocycles. The number of nitrogens with zero attached hydrogens (tertiary/aromatic N) is 2. The van der Waals surface area contributed by atoms with Crippen LogP contribution in [-0.2, 0) is 17.9 Å². The number of ether oxygens (including phenoxy) is 1. The smallest absolute Gasteiger partial charge is 0.359 e. The zero-order valence-corrected chi connectivity index (χ0v) is 13.9. The number of benzene rings is 2. The van der Waals surface area contributed by atoms with Gasteiger partial charge in [0.05, 0.1) is 18.5 Å². The normalized spacial score (nSPS) is 10.8. The molecule has 0 saturated heterocycles. The molecular weight excluding hydrogens is 344 g/mol. The molecule has 7 heteroatoms. The SMILES string of the molecule is O=C(OCc1cccc(Cl)c1)c1nn(CCO)c(=O)c2ccccc12. The lowest BCUT2D eigenvalue weighted by atomic mass is 10.1. The Morgan fingerprint density at radius 1 is 1.16 bits per heavy atom. The summed E-state index contributed by atoms with van der Waals surface area (Å²) < 4.78 is 6.38. The first-order chi connectivity index (χ1) is 12.1. The molecule has 0 amide bonds. The molecule has 0 saturated carbocycles. The Morgan fingerprint density at radius 3 is 2.64 bits per heavy atom. The third kappa shape index (κ3) is 3.70. The maximum Gasteiger partial charge on any atom is 0.359 e. The Labute approximate surface area is 148 Å². The maximum absolute atomic E-state index is 12.5. The molecule has 0 spiro atoms. The molecular formula is C18H15ClN2O4. The number of rotatable bonds is 5. The predicted molar refractivity (Wildman–Crippen MR) is 93.7 cm³/mol. The number of carbonyl (C=O) groups is 1. The van der Waals surface area contributed by atoms with E-state index in [9.17, 15) is 9.59 Å². The molecule has 2 aromatic carbocycles. The molecule has 0 unspecified atom stereocenters. The Balaban J connectivity index is 1.95. The van der Waals surface area contributed by atoms with Crippen LogP contribution in [0.25, 0.3) is 10.8 Å². The minimum Gasteiger partial charge on any atom is -0.456 e. The Bertz CT molecular complexity index is 984. The summed E-state index contributed by atoms with van der Waals surface area (Å²) in [5.41, 5.74) is 0.413. The van der Waals surface area contributed by atoms with Crippen LogP contribution in [0.2, 0.25) is 5.02 Å². The average molecular weight is 359 g/mol. The van der Waals surface area contributed by atoms with Crippen molar-refractivity contribution < 1.29 is 14.6 Å². The van der Waals surface area contributed by atoms with Gasteiger partial charge in [-0.2, -0.15) is 5.10 Å². The molecule has 0 fully saturated rings. The summed E-state index contributed by atoms with van der Waals surface area (Å²) in [6.07, 6.45) is 0. The van der Waals surface area contributed by atoms with Crippen LogP contribution in [0.3, 0.4) is 0 Å².